The fraction of sp³-hybridized carbons (Fsp3) is 0.217. The molecule has 0 aliphatic heterocycles. The van der Waals surface area contributed by atoms with Crippen LogP contribution in [-0.2, 0) is 13.1 Å². The van der Waals surface area contributed by atoms with Gasteiger partial charge in [0.05, 0.1) is 24.8 Å². The zero-order valence-electron chi connectivity index (χ0n) is 16.7. The van der Waals surface area contributed by atoms with Gasteiger partial charge in [0.15, 0.2) is 5.78 Å². The molecule has 3 rings (SSSR count). The molecule has 3 aromatic rings. The maximum Gasteiger partial charge on any atom is 0.163 e. The quantitative estimate of drug-likeness (QED) is 0.480. The van der Waals surface area contributed by atoms with Crippen LogP contribution in [0.1, 0.15) is 28.4 Å². The zero-order valence-corrected chi connectivity index (χ0v) is 17.4. The summed E-state index contributed by atoms with van der Waals surface area (Å²) in [5.74, 6) is 2.12. The van der Waals surface area contributed by atoms with Crippen LogP contribution in [0.25, 0.3) is 0 Å². The molecular formula is C23H23ClN2O3. The molecule has 0 atom stereocenters. The maximum absolute atomic E-state index is 12.2. The smallest absolute Gasteiger partial charge is 0.163 e. The molecule has 0 aliphatic rings. The molecule has 6 heteroatoms. The number of pyridine rings is 1. The summed E-state index contributed by atoms with van der Waals surface area (Å²) in [5.41, 5.74) is 2.65. The number of hydrogen-bond acceptors (Lipinski definition) is 5. The molecule has 5 nitrogen and oxygen atoms in total. The third kappa shape index (κ3) is 5.27. The Morgan fingerprint density at radius 3 is 1.83 bits per heavy atom. The van der Waals surface area contributed by atoms with Gasteiger partial charge in [0.2, 0.25) is 0 Å². The topological polar surface area (TPSA) is 51.7 Å². The molecule has 2 aromatic carbocycles. The van der Waals surface area contributed by atoms with E-state index in [1.165, 1.54) is 6.92 Å². The van der Waals surface area contributed by atoms with E-state index in [0.717, 1.165) is 22.6 Å². The minimum Gasteiger partial charge on any atom is -0.497 e. The second-order valence-corrected chi connectivity index (χ2v) is 7.07. The highest BCUT2D eigenvalue weighted by Crippen LogP contribution is 2.26. The van der Waals surface area contributed by atoms with Crippen molar-refractivity contribution in [3.05, 3.63) is 82.5 Å². The highest BCUT2D eigenvalue weighted by molar-refractivity contribution is 6.31. The lowest BCUT2D eigenvalue weighted by molar-refractivity contribution is 0.101. The molecule has 150 valence electrons. The van der Waals surface area contributed by atoms with E-state index >= 15 is 0 Å². The van der Waals surface area contributed by atoms with Crippen LogP contribution in [0, 0.1) is 0 Å². The first-order valence-corrected chi connectivity index (χ1v) is 9.55. The lowest BCUT2D eigenvalue weighted by atomic mass is 10.1. The lowest BCUT2D eigenvalue weighted by Gasteiger charge is -2.26. The summed E-state index contributed by atoms with van der Waals surface area (Å²) in [5, 5.41) is 0.438. The molecule has 0 spiro atoms. The number of anilines is 1. The van der Waals surface area contributed by atoms with E-state index in [-0.39, 0.29) is 5.78 Å². The third-order valence-electron chi connectivity index (χ3n) is 4.58. The summed E-state index contributed by atoms with van der Waals surface area (Å²) < 4.78 is 10.5. The summed E-state index contributed by atoms with van der Waals surface area (Å²) in [6.07, 6.45) is 1.57. The van der Waals surface area contributed by atoms with Gasteiger partial charge < -0.3 is 14.4 Å². The van der Waals surface area contributed by atoms with Gasteiger partial charge in [-0.2, -0.15) is 0 Å². The number of carbonyl (C=O) groups is 1. The average Bonchev–Trinajstić information content (AvgIpc) is 2.74. The lowest BCUT2D eigenvalue weighted by Crippen LogP contribution is -2.25. The predicted octanol–water partition coefficient (Wildman–Crippen LogP) is 5.16. The normalized spacial score (nSPS) is 10.5. The minimum atomic E-state index is -0.0792. The van der Waals surface area contributed by atoms with Gasteiger partial charge in [-0.25, -0.2) is 4.98 Å². The van der Waals surface area contributed by atoms with Crippen molar-refractivity contribution in [2.75, 3.05) is 19.1 Å². The van der Waals surface area contributed by atoms with Gasteiger partial charge in [0.1, 0.15) is 17.3 Å². The summed E-state index contributed by atoms with van der Waals surface area (Å²) in [7, 11) is 3.28. The van der Waals surface area contributed by atoms with Gasteiger partial charge in [0, 0.05) is 19.3 Å². The Bertz CT molecular complexity index is 923. The standard InChI is InChI=1S/C23H23ClN2O3/c1-16(27)22-12-19(24)13-25-23(22)26(14-17-4-8-20(28-2)9-5-17)15-18-6-10-21(29-3)11-7-18/h4-13H,14-15H2,1-3H3. The number of carbonyl (C=O) groups excluding carboxylic acids is 1. The van der Waals surface area contributed by atoms with Crippen molar-refractivity contribution in [1.29, 1.82) is 0 Å². The Kier molecular flexibility index (Phi) is 6.73. The van der Waals surface area contributed by atoms with Crippen LogP contribution in [0.15, 0.2) is 60.8 Å². The van der Waals surface area contributed by atoms with Crippen LogP contribution in [0.4, 0.5) is 5.82 Å². The molecule has 0 aliphatic carbocycles. The summed E-state index contributed by atoms with van der Waals surface area (Å²) in [6, 6.07) is 17.4. The van der Waals surface area contributed by atoms with Crippen molar-refractivity contribution in [2.24, 2.45) is 0 Å². The molecule has 0 N–H and O–H groups in total. The van der Waals surface area contributed by atoms with E-state index in [1.807, 2.05) is 48.5 Å². The molecule has 1 heterocycles. The molecule has 29 heavy (non-hydrogen) atoms. The van der Waals surface area contributed by atoms with Crippen LogP contribution in [0.5, 0.6) is 11.5 Å². The largest absolute Gasteiger partial charge is 0.497 e. The van der Waals surface area contributed by atoms with E-state index in [9.17, 15) is 4.79 Å². The van der Waals surface area contributed by atoms with E-state index in [0.29, 0.717) is 29.5 Å². The number of nitrogens with zero attached hydrogens (tertiary/aromatic N) is 2. The molecule has 0 radical (unpaired) electrons. The van der Waals surface area contributed by atoms with Crippen LogP contribution < -0.4 is 14.4 Å². The van der Waals surface area contributed by atoms with Gasteiger partial charge >= 0.3 is 0 Å². The Labute approximate surface area is 175 Å². The highest BCUT2D eigenvalue weighted by Gasteiger charge is 2.18. The van der Waals surface area contributed by atoms with Crippen molar-refractivity contribution < 1.29 is 14.3 Å². The van der Waals surface area contributed by atoms with Crippen molar-refractivity contribution in [3.63, 3.8) is 0 Å². The average molecular weight is 411 g/mol. The molecule has 0 unspecified atom stereocenters. The van der Waals surface area contributed by atoms with Crippen LogP contribution in [-0.4, -0.2) is 25.0 Å². The summed E-state index contributed by atoms with van der Waals surface area (Å²) >= 11 is 6.09. The first-order valence-electron chi connectivity index (χ1n) is 9.17. The zero-order chi connectivity index (χ0) is 20.8. The van der Waals surface area contributed by atoms with Gasteiger partial charge in [-0.05, 0) is 48.4 Å². The molecule has 0 fully saturated rings. The fourth-order valence-electron chi connectivity index (χ4n) is 3.05. The number of halogens is 1. The van der Waals surface area contributed by atoms with E-state index in [4.69, 9.17) is 21.1 Å². The number of ether oxygens (including phenoxy) is 2. The van der Waals surface area contributed by atoms with Crippen LogP contribution >= 0.6 is 11.6 Å². The first-order chi connectivity index (χ1) is 14.0. The van der Waals surface area contributed by atoms with E-state index in [2.05, 4.69) is 9.88 Å². The summed E-state index contributed by atoms with van der Waals surface area (Å²) in [4.78, 5) is 18.8. The SMILES string of the molecule is COc1ccc(CN(Cc2ccc(OC)cc2)c2ncc(Cl)cc2C(C)=O)cc1. The molecule has 0 amide bonds. The predicted molar refractivity (Wildman–Crippen MR) is 115 cm³/mol. The van der Waals surface area contributed by atoms with Crippen LogP contribution in [0.2, 0.25) is 5.02 Å². The summed E-state index contributed by atoms with van der Waals surface area (Å²) in [6.45, 7) is 2.67. The van der Waals surface area contributed by atoms with Crippen molar-refractivity contribution >= 4 is 23.2 Å². The third-order valence-corrected chi connectivity index (χ3v) is 4.78. The second kappa shape index (κ2) is 9.43. The number of aromatic nitrogens is 1. The van der Waals surface area contributed by atoms with Gasteiger partial charge in [-0.1, -0.05) is 35.9 Å². The monoisotopic (exact) mass is 410 g/mol. The Morgan fingerprint density at radius 2 is 1.41 bits per heavy atom. The maximum atomic E-state index is 12.2. The molecular weight excluding hydrogens is 388 g/mol. The van der Waals surface area contributed by atoms with Gasteiger partial charge in [0.25, 0.3) is 0 Å². The van der Waals surface area contributed by atoms with Crippen molar-refractivity contribution in [3.8, 4) is 11.5 Å². The highest BCUT2D eigenvalue weighted by atomic mass is 35.5. The fourth-order valence-corrected chi connectivity index (χ4v) is 3.21. The van der Waals surface area contributed by atoms with E-state index in [1.54, 1.807) is 26.5 Å². The number of ketones is 1. The Hall–Kier alpha value is -3.05. The first kappa shape index (κ1) is 20.7. The second-order valence-electron chi connectivity index (χ2n) is 6.63. The Morgan fingerprint density at radius 1 is 0.931 bits per heavy atom. The van der Waals surface area contributed by atoms with E-state index < -0.39 is 0 Å². The number of hydrogen-bond donors (Lipinski definition) is 0. The molecule has 0 saturated heterocycles. The molecule has 1 aromatic heterocycles. The van der Waals surface area contributed by atoms with Gasteiger partial charge in [-0.3, -0.25) is 4.79 Å². The number of methoxy groups -OCH3 is 2. The number of benzene rings is 2. The van der Waals surface area contributed by atoms with Crippen LogP contribution in [0.3, 0.4) is 0 Å². The number of Topliss-reactive ketones (excluding diaryl/α,β-unsaturated/α-hetero) is 1. The van der Waals surface area contributed by atoms with Crippen molar-refractivity contribution in [2.45, 2.75) is 20.0 Å². The minimum absolute atomic E-state index is 0.0792. The van der Waals surface area contributed by atoms with Gasteiger partial charge in [-0.15, -0.1) is 0 Å². The molecule has 0 bridgehead atoms. The molecule has 0 saturated carbocycles. The van der Waals surface area contributed by atoms with Crippen molar-refractivity contribution in [1.82, 2.24) is 4.98 Å². The number of rotatable bonds is 8. The Balaban J connectivity index is 1.97.